The second kappa shape index (κ2) is 5.95. The zero-order valence-electron chi connectivity index (χ0n) is 9.10. The molecule has 5 nitrogen and oxygen atoms in total. The Labute approximate surface area is 93.4 Å². The minimum Gasteiger partial charge on any atom is -0.481 e. The summed E-state index contributed by atoms with van der Waals surface area (Å²) in [4.78, 5) is 22.0. The molecule has 2 N–H and O–H groups in total. The lowest BCUT2D eigenvalue weighted by atomic mass is 10.1. The van der Waals surface area contributed by atoms with E-state index >= 15 is 0 Å². The number of carboxylic acids is 1. The van der Waals surface area contributed by atoms with Gasteiger partial charge in [-0.2, -0.15) is 0 Å². The fraction of sp³-hybridized carbons (Fsp3) is 0.455. The second-order valence-electron chi connectivity index (χ2n) is 3.48. The van der Waals surface area contributed by atoms with Crippen LogP contribution in [-0.2, 0) is 9.59 Å². The number of aliphatic carboxylic acids is 1. The van der Waals surface area contributed by atoms with Crippen LogP contribution in [0.25, 0.3) is 0 Å². The van der Waals surface area contributed by atoms with Crippen LogP contribution in [0.5, 0.6) is 0 Å². The van der Waals surface area contributed by atoms with E-state index in [4.69, 9.17) is 9.52 Å². The van der Waals surface area contributed by atoms with Crippen molar-refractivity contribution in [1.29, 1.82) is 0 Å². The number of amides is 1. The van der Waals surface area contributed by atoms with E-state index in [9.17, 15) is 9.59 Å². The zero-order chi connectivity index (χ0) is 12.0. The van der Waals surface area contributed by atoms with Gasteiger partial charge in [0.05, 0.1) is 18.7 Å². The lowest BCUT2D eigenvalue weighted by molar-refractivity contribution is -0.138. The van der Waals surface area contributed by atoms with Crippen molar-refractivity contribution in [3.63, 3.8) is 0 Å². The van der Waals surface area contributed by atoms with E-state index in [0.29, 0.717) is 12.2 Å². The summed E-state index contributed by atoms with van der Waals surface area (Å²) in [6, 6.07) is 2.72. The van der Waals surface area contributed by atoms with Crippen LogP contribution in [0, 0.1) is 0 Å². The van der Waals surface area contributed by atoms with Gasteiger partial charge in [-0.1, -0.05) is 6.92 Å². The summed E-state index contributed by atoms with van der Waals surface area (Å²) in [5.74, 6) is -0.671. The largest absolute Gasteiger partial charge is 0.481 e. The molecule has 1 aromatic rings. The molecule has 0 fully saturated rings. The highest BCUT2D eigenvalue weighted by Crippen LogP contribution is 2.17. The van der Waals surface area contributed by atoms with Crippen LogP contribution in [0.4, 0.5) is 0 Å². The number of hydrogen-bond donors (Lipinski definition) is 2. The Balaban J connectivity index is 2.65. The van der Waals surface area contributed by atoms with Gasteiger partial charge in [-0.05, 0) is 18.6 Å². The van der Waals surface area contributed by atoms with Crippen molar-refractivity contribution in [2.24, 2.45) is 0 Å². The summed E-state index contributed by atoms with van der Waals surface area (Å²) in [5.41, 5.74) is 0. The fourth-order valence-electron chi connectivity index (χ4n) is 1.38. The van der Waals surface area contributed by atoms with E-state index < -0.39 is 12.0 Å². The van der Waals surface area contributed by atoms with Gasteiger partial charge < -0.3 is 14.8 Å². The first-order chi connectivity index (χ1) is 7.63. The third kappa shape index (κ3) is 3.76. The van der Waals surface area contributed by atoms with Crippen LogP contribution < -0.4 is 5.32 Å². The average molecular weight is 225 g/mol. The lowest BCUT2D eigenvalue weighted by Crippen LogP contribution is -2.29. The second-order valence-corrected chi connectivity index (χ2v) is 3.48. The average Bonchev–Trinajstić information content (AvgIpc) is 2.68. The highest BCUT2D eigenvalue weighted by Gasteiger charge is 2.19. The number of furan rings is 1. The molecule has 5 heteroatoms. The van der Waals surface area contributed by atoms with Crippen molar-refractivity contribution in [1.82, 2.24) is 5.32 Å². The maximum Gasteiger partial charge on any atom is 0.305 e. The smallest absolute Gasteiger partial charge is 0.305 e. The van der Waals surface area contributed by atoms with Gasteiger partial charge in [-0.25, -0.2) is 0 Å². The van der Waals surface area contributed by atoms with Crippen LogP contribution >= 0.6 is 0 Å². The topological polar surface area (TPSA) is 79.5 Å². The molecule has 88 valence electrons. The normalized spacial score (nSPS) is 12.1. The molecule has 0 saturated heterocycles. The third-order valence-corrected chi connectivity index (χ3v) is 2.08. The molecule has 1 atom stereocenters. The summed E-state index contributed by atoms with van der Waals surface area (Å²) in [5, 5.41) is 11.4. The van der Waals surface area contributed by atoms with Gasteiger partial charge in [0.15, 0.2) is 0 Å². The van der Waals surface area contributed by atoms with Crippen molar-refractivity contribution >= 4 is 11.9 Å². The minimum absolute atomic E-state index is 0.162. The molecule has 0 aliphatic rings. The SMILES string of the molecule is CCCC(=O)NC(CC(=O)O)c1ccco1. The fourth-order valence-corrected chi connectivity index (χ4v) is 1.38. The van der Waals surface area contributed by atoms with Crippen molar-refractivity contribution in [3.8, 4) is 0 Å². The molecule has 1 aromatic heterocycles. The number of carboxylic acid groups (broad SMARTS) is 1. The van der Waals surface area contributed by atoms with Crippen LogP contribution in [0.2, 0.25) is 0 Å². The number of nitrogens with one attached hydrogen (secondary N) is 1. The van der Waals surface area contributed by atoms with E-state index in [1.54, 1.807) is 12.1 Å². The lowest BCUT2D eigenvalue weighted by Gasteiger charge is -2.14. The van der Waals surface area contributed by atoms with E-state index in [0.717, 1.165) is 6.42 Å². The molecule has 0 spiro atoms. The number of carbonyl (C=O) groups excluding carboxylic acids is 1. The Morgan fingerprint density at radius 2 is 2.31 bits per heavy atom. The van der Waals surface area contributed by atoms with E-state index in [1.165, 1.54) is 6.26 Å². The summed E-state index contributed by atoms with van der Waals surface area (Å²) >= 11 is 0. The highest BCUT2D eigenvalue weighted by molar-refractivity contribution is 5.77. The molecule has 0 aliphatic heterocycles. The van der Waals surface area contributed by atoms with Crippen LogP contribution in [0.1, 0.15) is 38.0 Å². The Hall–Kier alpha value is -1.78. The van der Waals surface area contributed by atoms with Crippen LogP contribution in [-0.4, -0.2) is 17.0 Å². The molecule has 1 heterocycles. The Morgan fingerprint density at radius 3 is 2.81 bits per heavy atom. The Kier molecular flexibility index (Phi) is 4.57. The van der Waals surface area contributed by atoms with Gasteiger partial charge in [0.25, 0.3) is 0 Å². The van der Waals surface area contributed by atoms with Crippen molar-refractivity contribution in [2.75, 3.05) is 0 Å². The molecule has 1 amide bonds. The highest BCUT2D eigenvalue weighted by atomic mass is 16.4. The number of rotatable bonds is 6. The van der Waals surface area contributed by atoms with Gasteiger partial charge in [-0.3, -0.25) is 9.59 Å². The maximum atomic E-state index is 11.4. The molecule has 16 heavy (non-hydrogen) atoms. The summed E-state index contributed by atoms with van der Waals surface area (Å²) in [6.07, 6.45) is 2.39. The molecule has 0 bridgehead atoms. The van der Waals surface area contributed by atoms with Crippen molar-refractivity contribution in [2.45, 2.75) is 32.2 Å². The number of hydrogen-bond acceptors (Lipinski definition) is 3. The third-order valence-electron chi connectivity index (χ3n) is 2.08. The summed E-state index contributed by atoms with van der Waals surface area (Å²) in [6.45, 7) is 1.89. The van der Waals surface area contributed by atoms with E-state index in [-0.39, 0.29) is 12.3 Å². The van der Waals surface area contributed by atoms with Gasteiger partial charge >= 0.3 is 5.97 Å². The molecule has 0 aromatic carbocycles. The standard InChI is InChI=1S/C11H15NO4/c1-2-4-10(13)12-8(7-11(14)15)9-5-3-6-16-9/h3,5-6,8H,2,4,7H2,1H3,(H,12,13)(H,14,15). The Bertz CT molecular complexity index is 345. The van der Waals surface area contributed by atoms with Crippen molar-refractivity contribution < 1.29 is 19.1 Å². The molecule has 1 unspecified atom stereocenters. The monoisotopic (exact) mass is 225 g/mol. The quantitative estimate of drug-likeness (QED) is 0.772. The van der Waals surface area contributed by atoms with Gasteiger partial charge in [0.1, 0.15) is 5.76 Å². The Morgan fingerprint density at radius 1 is 1.56 bits per heavy atom. The molecule has 0 aliphatic carbocycles. The summed E-state index contributed by atoms with van der Waals surface area (Å²) < 4.78 is 5.10. The molecular formula is C11H15NO4. The molecule has 0 radical (unpaired) electrons. The molecule has 1 rings (SSSR count). The van der Waals surface area contributed by atoms with E-state index in [2.05, 4.69) is 5.32 Å². The van der Waals surface area contributed by atoms with Gasteiger partial charge in [-0.15, -0.1) is 0 Å². The number of carbonyl (C=O) groups is 2. The van der Waals surface area contributed by atoms with Gasteiger partial charge in [0, 0.05) is 6.42 Å². The predicted octanol–water partition coefficient (Wildman–Crippen LogP) is 1.71. The maximum absolute atomic E-state index is 11.4. The first-order valence-electron chi connectivity index (χ1n) is 5.18. The van der Waals surface area contributed by atoms with Crippen LogP contribution in [0.15, 0.2) is 22.8 Å². The van der Waals surface area contributed by atoms with Crippen LogP contribution in [0.3, 0.4) is 0 Å². The van der Waals surface area contributed by atoms with Gasteiger partial charge in [0.2, 0.25) is 5.91 Å². The van der Waals surface area contributed by atoms with E-state index in [1.807, 2.05) is 6.92 Å². The first-order valence-corrected chi connectivity index (χ1v) is 5.18. The zero-order valence-corrected chi connectivity index (χ0v) is 9.10. The molecule has 0 saturated carbocycles. The summed E-state index contributed by atoms with van der Waals surface area (Å²) in [7, 11) is 0. The van der Waals surface area contributed by atoms with Crippen molar-refractivity contribution in [3.05, 3.63) is 24.2 Å². The minimum atomic E-state index is -0.974. The first kappa shape index (κ1) is 12.3. The molecular weight excluding hydrogens is 210 g/mol. The predicted molar refractivity (Wildman–Crippen MR) is 56.8 cm³/mol.